The molecule has 168 valence electrons. The molecule has 0 bridgehead atoms. The lowest BCUT2D eigenvalue weighted by atomic mass is 9.70. The van der Waals surface area contributed by atoms with E-state index in [4.69, 9.17) is 11.6 Å². The first-order chi connectivity index (χ1) is 14.6. The van der Waals surface area contributed by atoms with E-state index in [9.17, 15) is 14.3 Å². The summed E-state index contributed by atoms with van der Waals surface area (Å²) in [4.78, 5) is 15.1. The third-order valence-electron chi connectivity index (χ3n) is 6.37. The van der Waals surface area contributed by atoms with E-state index in [2.05, 4.69) is 50.0 Å². The van der Waals surface area contributed by atoms with Gasteiger partial charge in [-0.1, -0.05) is 51.4 Å². The molecule has 3 rings (SSSR count). The van der Waals surface area contributed by atoms with Crippen LogP contribution in [0.15, 0.2) is 42.5 Å². The molecule has 1 aliphatic heterocycles. The number of nitrogens with one attached hydrogen (secondary N) is 1. The van der Waals surface area contributed by atoms with Gasteiger partial charge in [0, 0.05) is 29.7 Å². The Kier molecular flexibility index (Phi) is 7.28. The zero-order chi connectivity index (χ0) is 22.8. The summed E-state index contributed by atoms with van der Waals surface area (Å²) in [7, 11) is 0. The highest BCUT2D eigenvalue weighted by Crippen LogP contribution is 2.42. The van der Waals surface area contributed by atoms with Crippen molar-refractivity contribution in [3.63, 3.8) is 0 Å². The van der Waals surface area contributed by atoms with Gasteiger partial charge < -0.3 is 15.3 Å². The number of likely N-dealkylation sites (tertiary alicyclic amines) is 1. The Morgan fingerprint density at radius 3 is 2.52 bits per heavy atom. The van der Waals surface area contributed by atoms with Crippen LogP contribution >= 0.6 is 11.6 Å². The lowest BCUT2D eigenvalue weighted by Crippen LogP contribution is -2.52. The highest BCUT2D eigenvalue weighted by Gasteiger charge is 2.37. The van der Waals surface area contributed by atoms with Crippen molar-refractivity contribution in [1.29, 1.82) is 0 Å². The van der Waals surface area contributed by atoms with E-state index in [-0.39, 0.29) is 28.8 Å². The molecule has 0 aliphatic carbocycles. The summed E-state index contributed by atoms with van der Waals surface area (Å²) >= 11 is 6.06. The first-order valence-corrected chi connectivity index (χ1v) is 11.2. The quantitative estimate of drug-likeness (QED) is 0.619. The number of piperidine rings is 1. The Bertz CT molecular complexity index is 914. The number of nitrogens with zero attached hydrogens (tertiary/aromatic N) is 1. The minimum absolute atomic E-state index is 0.0532. The predicted octanol–water partition coefficient (Wildman–Crippen LogP) is 5.45. The molecule has 6 heteroatoms. The highest BCUT2D eigenvalue weighted by atomic mass is 35.5. The molecular weight excluding hydrogens is 415 g/mol. The Labute approximate surface area is 189 Å². The smallest absolute Gasteiger partial charge is 0.251 e. The summed E-state index contributed by atoms with van der Waals surface area (Å²) in [6.45, 7) is 11.4. The SMILES string of the molecule is CC(C)[C@H](CN1CC[C@H](c2ccc(Cl)cc2)C(C)(C)C1)NC(=O)c1ccc(F)c(O)c1. The largest absolute Gasteiger partial charge is 0.505 e. The molecule has 31 heavy (non-hydrogen) atoms. The molecular formula is C25H32ClFN2O2. The second-order valence-electron chi connectivity index (χ2n) is 9.61. The molecule has 0 saturated carbocycles. The van der Waals surface area contributed by atoms with Crippen LogP contribution in [-0.4, -0.2) is 41.6 Å². The maximum atomic E-state index is 13.3. The van der Waals surface area contributed by atoms with E-state index in [0.29, 0.717) is 5.92 Å². The molecule has 1 amide bonds. The fraction of sp³-hybridized carbons (Fsp3) is 0.480. The van der Waals surface area contributed by atoms with Crippen molar-refractivity contribution in [3.8, 4) is 5.75 Å². The van der Waals surface area contributed by atoms with Crippen molar-refractivity contribution in [2.75, 3.05) is 19.6 Å². The van der Waals surface area contributed by atoms with Gasteiger partial charge in [0.05, 0.1) is 0 Å². The lowest BCUT2D eigenvalue weighted by molar-refractivity contribution is 0.0731. The summed E-state index contributed by atoms with van der Waals surface area (Å²) in [5, 5.41) is 13.4. The van der Waals surface area contributed by atoms with Crippen molar-refractivity contribution >= 4 is 17.5 Å². The van der Waals surface area contributed by atoms with Crippen molar-refractivity contribution in [2.45, 2.75) is 46.1 Å². The average molecular weight is 447 g/mol. The van der Waals surface area contributed by atoms with Gasteiger partial charge >= 0.3 is 0 Å². The molecule has 0 spiro atoms. The standard InChI is InChI=1S/C25H32ClFN2O2/c1-16(2)22(28-24(31)18-7-10-21(27)23(30)13-18)14-29-12-11-20(25(3,4)15-29)17-5-8-19(26)9-6-17/h5-10,13,16,20,22,30H,11-12,14-15H2,1-4H3,(H,28,31)/t20-,22+/m1/s1. The summed E-state index contributed by atoms with van der Waals surface area (Å²) < 4.78 is 13.3. The van der Waals surface area contributed by atoms with Gasteiger partial charge in [-0.25, -0.2) is 4.39 Å². The summed E-state index contributed by atoms with van der Waals surface area (Å²) in [6, 6.07) is 11.8. The van der Waals surface area contributed by atoms with Crippen LogP contribution in [0.25, 0.3) is 0 Å². The third-order valence-corrected chi connectivity index (χ3v) is 6.62. The third kappa shape index (κ3) is 5.78. The zero-order valence-corrected chi connectivity index (χ0v) is 19.4. The van der Waals surface area contributed by atoms with E-state index >= 15 is 0 Å². The van der Waals surface area contributed by atoms with Gasteiger partial charge in [0.15, 0.2) is 11.6 Å². The lowest BCUT2D eigenvalue weighted by Gasteiger charge is -2.46. The van der Waals surface area contributed by atoms with Crippen LogP contribution in [0.4, 0.5) is 4.39 Å². The molecule has 1 saturated heterocycles. The second-order valence-corrected chi connectivity index (χ2v) is 10.0. The highest BCUT2D eigenvalue weighted by molar-refractivity contribution is 6.30. The Hall–Kier alpha value is -2.11. The van der Waals surface area contributed by atoms with Crippen LogP contribution < -0.4 is 5.32 Å². The van der Waals surface area contributed by atoms with Gasteiger partial charge in [0.2, 0.25) is 0 Å². The van der Waals surface area contributed by atoms with Crippen LogP contribution in [0, 0.1) is 17.2 Å². The summed E-state index contributed by atoms with van der Waals surface area (Å²) in [5.74, 6) is -0.864. The first-order valence-electron chi connectivity index (χ1n) is 10.8. The van der Waals surface area contributed by atoms with E-state index in [1.807, 2.05) is 12.1 Å². The number of phenols is 1. The van der Waals surface area contributed by atoms with Gasteiger partial charge in [0.25, 0.3) is 5.91 Å². The molecule has 0 radical (unpaired) electrons. The van der Waals surface area contributed by atoms with Gasteiger partial charge in [-0.15, -0.1) is 0 Å². The number of hydrogen-bond donors (Lipinski definition) is 2. The molecule has 1 fully saturated rings. The summed E-state index contributed by atoms with van der Waals surface area (Å²) in [5.41, 5.74) is 1.66. The molecule has 1 aliphatic rings. The monoisotopic (exact) mass is 446 g/mol. The minimum atomic E-state index is -0.734. The van der Waals surface area contributed by atoms with Crippen LogP contribution in [0.2, 0.25) is 5.02 Å². The number of carbonyl (C=O) groups is 1. The molecule has 0 unspecified atom stereocenters. The number of phenolic OH excluding ortho intramolecular Hbond substituents is 1. The second kappa shape index (κ2) is 9.58. The Morgan fingerprint density at radius 1 is 1.26 bits per heavy atom. The number of carbonyl (C=O) groups excluding carboxylic acids is 1. The van der Waals surface area contributed by atoms with Gasteiger partial charge in [-0.05, 0) is 66.1 Å². The van der Waals surface area contributed by atoms with Crippen molar-refractivity contribution in [1.82, 2.24) is 10.2 Å². The van der Waals surface area contributed by atoms with Crippen LogP contribution in [-0.2, 0) is 0 Å². The fourth-order valence-electron chi connectivity index (χ4n) is 4.54. The van der Waals surface area contributed by atoms with Crippen molar-refractivity contribution in [2.24, 2.45) is 11.3 Å². The van der Waals surface area contributed by atoms with Crippen molar-refractivity contribution in [3.05, 3.63) is 64.4 Å². The maximum Gasteiger partial charge on any atom is 0.251 e. The zero-order valence-electron chi connectivity index (χ0n) is 18.7. The first kappa shape index (κ1) is 23.6. The number of hydrogen-bond acceptors (Lipinski definition) is 3. The number of benzene rings is 2. The van der Waals surface area contributed by atoms with Crippen LogP contribution in [0.3, 0.4) is 0 Å². The fourth-order valence-corrected chi connectivity index (χ4v) is 4.67. The Morgan fingerprint density at radius 2 is 1.94 bits per heavy atom. The minimum Gasteiger partial charge on any atom is -0.505 e. The molecule has 4 nitrogen and oxygen atoms in total. The van der Waals surface area contributed by atoms with Crippen molar-refractivity contribution < 1.29 is 14.3 Å². The summed E-state index contributed by atoms with van der Waals surface area (Å²) in [6.07, 6.45) is 1.04. The number of aromatic hydroxyl groups is 1. The van der Waals surface area contributed by atoms with Gasteiger partial charge in [-0.2, -0.15) is 0 Å². The van der Waals surface area contributed by atoms with E-state index in [1.165, 1.54) is 17.7 Å². The molecule has 1 heterocycles. The maximum absolute atomic E-state index is 13.3. The van der Waals surface area contributed by atoms with Gasteiger partial charge in [0.1, 0.15) is 0 Å². The van der Waals surface area contributed by atoms with E-state index < -0.39 is 11.6 Å². The number of halogens is 2. The molecule has 2 aromatic rings. The predicted molar refractivity (Wildman–Crippen MR) is 123 cm³/mol. The molecule has 2 N–H and O–H groups in total. The molecule has 2 atom stereocenters. The van der Waals surface area contributed by atoms with Crippen LogP contribution in [0.5, 0.6) is 5.75 Å². The number of amides is 1. The topological polar surface area (TPSA) is 52.6 Å². The van der Waals surface area contributed by atoms with E-state index in [0.717, 1.165) is 37.1 Å². The molecule has 2 aromatic carbocycles. The number of rotatable bonds is 6. The molecule has 0 aromatic heterocycles. The average Bonchev–Trinajstić information content (AvgIpc) is 2.69. The van der Waals surface area contributed by atoms with Gasteiger partial charge in [-0.3, -0.25) is 4.79 Å². The normalized spacial score (nSPS) is 19.9. The van der Waals surface area contributed by atoms with Crippen LogP contribution in [0.1, 0.15) is 56.0 Å². The Balaban J connectivity index is 1.66. The van der Waals surface area contributed by atoms with E-state index in [1.54, 1.807) is 0 Å².